The van der Waals surface area contributed by atoms with E-state index in [1.54, 1.807) is 0 Å². The van der Waals surface area contributed by atoms with Crippen LogP contribution in [0.1, 0.15) is 80.2 Å². The lowest BCUT2D eigenvalue weighted by atomic mass is 9.95. The number of rotatable bonds is 2. The van der Waals surface area contributed by atoms with Crippen molar-refractivity contribution in [2.24, 2.45) is 5.92 Å². The van der Waals surface area contributed by atoms with E-state index in [1.807, 2.05) is 96.1 Å². The Balaban J connectivity index is -0.000000316. The van der Waals surface area contributed by atoms with E-state index in [1.165, 1.54) is 44.5 Å². The van der Waals surface area contributed by atoms with Gasteiger partial charge in [-0.15, -0.1) is 0 Å². The summed E-state index contributed by atoms with van der Waals surface area (Å²) in [4.78, 5) is 2.55. The van der Waals surface area contributed by atoms with Gasteiger partial charge < -0.3 is 4.90 Å². The number of aryl methyl sites for hydroxylation is 1. The second kappa shape index (κ2) is 28.6. The summed E-state index contributed by atoms with van der Waals surface area (Å²) in [6.07, 6.45) is 4.26. The van der Waals surface area contributed by atoms with Gasteiger partial charge in [-0.1, -0.05) is 134 Å². The van der Waals surface area contributed by atoms with Gasteiger partial charge in [-0.2, -0.15) is 0 Å². The van der Waals surface area contributed by atoms with E-state index in [0.717, 1.165) is 5.92 Å². The standard InChI is InChI=1S/C9H19N.C7H8.C6H6.3C2H6/c1-3-9-5-7-10(4-2)8-6-9;1-7-5-3-2-4-6-7;1-2-4-6-5-3-1;3*1-2/h9H,3-8H2,1-2H3;2-6H,1H3;1-6H;3*1-2H3. The van der Waals surface area contributed by atoms with Crippen LogP contribution in [0, 0.1) is 12.8 Å². The van der Waals surface area contributed by atoms with Gasteiger partial charge in [0.15, 0.2) is 0 Å². The van der Waals surface area contributed by atoms with Crippen molar-refractivity contribution in [3.8, 4) is 0 Å². The minimum absolute atomic E-state index is 1.03. The molecule has 0 unspecified atom stereocenters. The molecule has 1 aliphatic rings. The molecule has 0 amide bonds. The zero-order valence-corrected chi connectivity index (χ0v) is 21.1. The van der Waals surface area contributed by atoms with E-state index >= 15 is 0 Å². The van der Waals surface area contributed by atoms with E-state index in [-0.39, 0.29) is 0 Å². The average Bonchev–Trinajstić information content (AvgIpc) is 2.85. The van der Waals surface area contributed by atoms with E-state index < -0.39 is 0 Å². The summed E-state index contributed by atoms with van der Waals surface area (Å²) in [6.45, 7) is 22.6. The average molecular weight is 402 g/mol. The van der Waals surface area contributed by atoms with Crippen molar-refractivity contribution in [1.29, 1.82) is 0 Å². The predicted molar refractivity (Wildman–Crippen MR) is 137 cm³/mol. The largest absolute Gasteiger partial charge is 0.304 e. The highest BCUT2D eigenvalue weighted by Gasteiger charge is 2.15. The van der Waals surface area contributed by atoms with Crippen LogP contribution in [0.3, 0.4) is 0 Å². The maximum absolute atomic E-state index is 2.55. The van der Waals surface area contributed by atoms with Crippen LogP contribution in [0.5, 0.6) is 0 Å². The van der Waals surface area contributed by atoms with Crippen molar-refractivity contribution in [1.82, 2.24) is 4.90 Å². The summed E-state index contributed by atoms with van der Waals surface area (Å²) in [5.74, 6) is 1.03. The van der Waals surface area contributed by atoms with Crippen molar-refractivity contribution in [2.75, 3.05) is 19.6 Å². The highest BCUT2D eigenvalue weighted by atomic mass is 15.1. The van der Waals surface area contributed by atoms with Crippen LogP contribution in [-0.4, -0.2) is 24.5 Å². The molecular formula is C28H51N. The molecule has 0 aromatic heterocycles. The molecule has 0 saturated carbocycles. The summed E-state index contributed by atoms with van der Waals surface area (Å²) in [7, 11) is 0. The third-order valence-electron chi connectivity index (χ3n) is 4.34. The quantitative estimate of drug-likeness (QED) is 0.485. The minimum Gasteiger partial charge on any atom is -0.304 e. The van der Waals surface area contributed by atoms with E-state index in [2.05, 4.69) is 37.8 Å². The van der Waals surface area contributed by atoms with Crippen LogP contribution in [0.15, 0.2) is 66.7 Å². The topological polar surface area (TPSA) is 3.24 Å². The third-order valence-corrected chi connectivity index (χ3v) is 4.34. The smallest absolute Gasteiger partial charge is 0.00162 e. The van der Waals surface area contributed by atoms with E-state index in [4.69, 9.17) is 0 Å². The molecule has 0 N–H and O–H groups in total. The zero-order valence-electron chi connectivity index (χ0n) is 21.1. The summed E-state index contributed by atoms with van der Waals surface area (Å²) >= 11 is 0. The molecule has 1 saturated heterocycles. The normalized spacial score (nSPS) is 12.4. The van der Waals surface area contributed by atoms with Crippen molar-refractivity contribution >= 4 is 0 Å². The lowest BCUT2D eigenvalue weighted by molar-refractivity contribution is 0.190. The highest BCUT2D eigenvalue weighted by Crippen LogP contribution is 2.19. The van der Waals surface area contributed by atoms with E-state index in [0.29, 0.717) is 0 Å². The van der Waals surface area contributed by atoms with Gasteiger partial charge in [0.1, 0.15) is 0 Å². The third kappa shape index (κ3) is 22.6. The maximum Gasteiger partial charge on any atom is -0.00162 e. The first-order valence-corrected chi connectivity index (χ1v) is 12.0. The van der Waals surface area contributed by atoms with Crippen LogP contribution < -0.4 is 0 Å². The number of benzene rings is 2. The summed E-state index contributed by atoms with van der Waals surface area (Å²) < 4.78 is 0. The van der Waals surface area contributed by atoms with Crippen LogP contribution >= 0.6 is 0 Å². The first-order chi connectivity index (χ1) is 14.3. The lowest BCUT2D eigenvalue weighted by Gasteiger charge is -2.30. The molecule has 0 bridgehead atoms. The second-order valence-electron chi connectivity index (χ2n) is 6.10. The SMILES string of the molecule is CC.CC.CC.CCC1CCN(CC)CC1.Cc1ccccc1.c1ccccc1. The predicted octanol–water partition coefficient (Wildman–Crippen LogP) is 8.89. The molecule has 168 valence electrons. The second-order valence-corrected chi connectivity index (χ2v) is 6.10. The molecule has 0 atom stereocenters. The fourth-order valence-corrected chi connectivity index (χ4v) is 2.63. The van der Waals surface area contributed by atoms with Gasteiger partial charge in [0, 0.05) is 0 Å². The highest BCUT2D eigenvalue weighted by molar-refractivity contribution is 5.11. The Bertz CT molecular complexity index is 419. The molecule has 2 aromatic carbocycles. The van der Waals surface area contributed by atoms with Gasteiger partial charge in [-0.25, -0.2) is 0 Å². The van der Waals surface area contributed by atoms with Gasteiger partial charge in [-0.3, -0.25) is 0 Å². The van der Waals surface area contributed by atoms with Crippen LogP contribution in [0.25, 0.3) is 0 Å². The number of piperidine rings is 1. The Morgan fingerprint density at radius 3 is 1.24 bits per heavy atom. The fraction of sp³-hybridized carbons (Fsp3) is 0.571. The summed E-state index contributed by atoms with van der Waals surface area (Å²) in [5.41, 5.74) is 1.32. The zero-order chi connectivity index (χ0) is 22.8. The number of hydrogen-bond acceptors (Lipinski definition) is 1. The monoisotopic (exact) mass is 401 g/mol. The number of nitrogens with zero attached hydrogens (tertiary/aromatic N) is 1. The lowest BCUT2D eigenvalue weighted by Crippen LogP contribution is -2.33. The molecule has 1 heterocycles. The van der Waals surface area contributed by atoms with Crippen molar-refractivity contribution < 1.29 is 0 Å². The van der Waals surface area contributed by atoms with Crippen LogP contribution in [-0.2, 0) is 0 Å². The Labute approximate surface area is 184 Å². The van der Waals surface area contributed by atoms with Crippen molar-refractivity contribution in [3.63, 3.8) is 0 Å². The molecule has 29 heavy (non-hydrogen) atoms. The molecule has 1 heteroatoms. The Morgan fingerprint density at radius 1 is 0.655 bits per heavy atom. The molecule has 2 aromatic rings. The van der Waals surface area contributed by atoms with Gasteiger partial charge >= 0.3 is 0 Å². The first-order valence-electron chi connectivity index (χ1n) is 12.0. The van der Waals surface area contributed by atoms with Crippen molar-refractivity contribution in [2.45, 2.75) is 81.6 Å². The van der Waals surface area contributed by atoms with E-state index in [9.17, 15) is 0 Å². The first kappa shape index (κ1) is 32.1. The maximum atomic E-state index is 2.55. The van der Waals surface area contributed by atoms with Crippen LogP contribution in [0.2, 0.25) is 0 Å². The summed E-state index contributed by atoms with van der Waals surface area (Å²) in [6, 6.07) is 22.3. The molecule has 3 rings (SSSR count). The molecule has 0 spiro atoms. The number of hydrogen-bond donors (Lipinski definition) is 0. The number of likely N-dealkylation sites (tertiary alicyclic amines) is 1. The Kier molecular flexibility index (Phi) is 31.6. The molecule has 0 aliphatic carbocycles. The molecular weight excluding hydrogens is 350 g/mol. The molecule has 1 nitrogen and oxygen atoms in total. The van der Waals surface area contributed by atoms with Gasteiger partial charge in [0.2, 0.25) is 0 Å². The van der Waals surface area contributed by atoms with Gasteiger partial charge in [-0.05, 0) is 45.3 Å². The molecule has 0 radical (unpaired) electrons. The summed E-state index contributed by atoms with van der Waals surface area (Å²) in [5, 5.41) is 0. The fourth-order valence-electron chi connectivity index (χ4n) is 2.63. The van der Waals surface area contributed by atoms with Crippen molar-refractivity contribution in [3.05, 3.63) is 72.3 Å². The minimum atomic E-state index is 1.03. The molecule has 1 fully saturated rings. The molecule has 1 aliphatic heterocycles. The van der Waals surface area contributed by atoms with Crippen LogP contribution in [0.4, 0.5) is 0 Å². The van der Waals surface area contributed by atoms with Gasteiger partial charge in [0.05, 0.1) is 0 Å². The van der Waals surface area contributed by atoms with Gasteiger partial charge in [0.25, 0.3) is 0 Å². The Hall–Kier alpha value is -1.60. The Morgan fingerprint density at radius 2 is 1.00 bits per heavy atom.